The van der Waals surface area contributed by atoms with Crippen molar-refractivity contribution < 1.29 is 18.0 Å². The van der Waals surface area contributed by atoms with Crippen molar-refractivity contribution in [2.24, 2.45) is 5.73 Å². The lowest BCUT2D eigenvalue weighted by Crippen LogP contribution is -2.15. The van der Waals surface area contributed by atoms with E-state index in [1.807, 2.05) is 0 Å². The second-order valence-corrected chi connectivity index (χ2v) is 7.00. The summed E-state index contributed by atoms with van der Waals surface area (Å²) >= 11 is 0. The lowest BCUT2D eigenvalue weighted by Gasteiger charge is -2.05. The zero-order valence-corrected chi connectivity index (χ0v) is 13.1. The van der Waals surface area contributed by atoms with E-state index in [9.17, 15) is 18.0 Å². The maximum atomic E-state index is 12.4. The number of hydrogen-bond donors (Lipinski definition) is 4. The van der Waals surface area contributed by atoms with Gasteiger partial charge in [0.1, 0.15) is 5.52 Å². The van der Waals surface area contributed by atoms with Gasteiger partial charge in [-0.05, 0) is 12.1 Å². The minimum atomic E-state index is -3.59. The molecule has 24 heavy (non-hydrogen) atoms. The van der Waals surface area contributed by atoms with E-state index in [1.54, 1.807) is 0 Å². The van der Waals surface area contributed by atoms with E-state index in [1.165, 1.54) is 24.5 Å². The van der Waals surface area contributed by atoms with Gasteiger partial charge in [-0.25, -0.2) is 18.4 Å². The molecule has 3 rings (SSSR count). The Morgan fingerprint density at radius 3 is 2.62 bits per heavy atom. The summed E-state index contributed by atoms with van der Waals surface area (Å²) in [4.78, 5) is 36.8. The molecule has 2 amide bonds. The quantitative estimate of drug-likeness (QED) is 0.520. The van der Waals surface area contributed by atoms with Crippen LogP contribution in [0.15, 0.2) is 29.4 Å². The maximum Gasteiger partial charge on any atom is 0.284 e. The summed E-state index contributed by atoms with van der Waals surface area (Å²) in [5.74, 6) is -1.46. The number of primary amides is 1. The number of benzene rings is 1. The number of nitrogens with two attached hydrogens (primary N) is 1. The first-order valence-corrected chi connectivity index (χ1v) is 8.49. The molecule has 0 aliphatic heterocycles. The van der Waals surface area contributed by atoms with Crippen molar-refractivity contribution in [3.05, 3.63) is 35.9 Å². The Morgan fingerprint density at radius 1 is 1.29 bits per heavy atom. The van der Waals surface area contributed by atoms with Crippen LogP contribution in [0.25, 0.3) is 11.0 Å². The van der Waals surface area contributed by atoms with E-state index < -0.39 is 21.7 Å². The molecule has 1 aromatic carbocycles. The predicted octanol–water partition coefficient (Wildman–Crippen LogP) is 0.0407. The van der Waals surface area contributed by atoms with Crippen LogP contribution >= 0.6 is 0 Å². The molecular weight excluding hydrogens is 336 g/mol. The van der Waals surface area contributed by atoms with Gasteiger partial charge in [-0.15, -0.1) is 0 Å². The molecule has 0 radical (unpaired) electrons. The van der Waals surface area contributed by atoms with E-state index in [-0.39, 0.29) is 33.3 Å². The van der Waals surface area contributed by atoms with Gasteiger partial charge >= 0.3 is 0 Å². The Hall–Kier alpha value is -3.21. The number of anilines is 1. The molecule has 0 saturated heterocycles. The summed E-state index contributed by atoms with van der Waals surface area (Å²) in [5.41, 5.74) is 5.47. The highest BCUT2D eigenvalue weighted by Gasteiger charge is 2.21. The Kier molecular flexibility index (Phi) is 3.56. The van der Waals surface area contributed by atoms with Crippen molar-refractivity contribution in [3.8, 4) is 0 Å². The highest BCUT2D eigenvalue weighted by atomic mass is 32.2. The molecule has 2 aromatic heterocycles. The van der Waals surface area contributed by atoms with Gasteiger partial charge in [0.2, 0.25) is 5.95 Å². The number of hydrogen-bond acceptors (Lipinski definition) is 6. The van der Waals surface area contributed by atoms with E-state index in [0.717, 1.165) is 6.26 Å². The summed E-state index contributed by atoms with van der Waals surface area (Å²) in [6, 6.07) is 2.47. The van der Waals surface area contributed by atoms with Crippen LogP contribution in [0.4, 0.5) is 5.95 Å². The lowest BCUT2D eigenvalue weighted by molar-refractivity contribution is 0.0988. The van der Waals surface area contributed by atoms with Gasteiger partial charge in [-0.3, -0.25) is 14.9 Å². The van der Waals surface area contributed by atoms with Gasteiger partial charge in [0, 0.05) is 18.6 Å². The Labute approximate surface area is 135 Å². The highest BCUT2D eigenvalue weighted by molar-refractivity contribution is 7.90. The van der Waals surface area contributed by atoms with Crippen molar-refractivity contribution in [1.29, 1.82) is 0 Å². The van der Waals surface area contributed by atoms with E-state index in [0.29, 0.717) is 0 Å². The number of H-pyrrole nitrogens is 2. The summed E-state index contributed by atoms with van der Waals surface area (Å²) in [6.07, 6.45) is 3.96. The molecule has 2 heterocycles. The highest BCUT2D eigenvalue weighted by Crippen LogP contribution is 2.23. The summed E-state index contributed by atoms with van der Waals surface area (Å²) in [7, 11) is -3.59. The molecule has 0 saturated carbocycles. The number of aromatic amines is 2. The Bertz CT molecular complexity index is 1050. The van der Waals surface area contributed by atoms with E-state index >= 15 is 0 Å². The molecule has 0 spiro atoms. The average molecular weight is 348 g/mol. The fourth-order valence-electron chi connectivity index (χ4n) is 2.10. The molecule has 0 bridgehead atoms. The fraction of sp³-hybridized carbons (Fsp3) is 0.0769. The van der Waals surface area contributed by atoms with E-state index in [4.69, 9.17) is 5.73 Å². The first-order chi connectivity index (χ1) is 11.3. The number of fused-ring (bicyclic) bond motifs is 1. The maximum absolute atomic E-state index is 12.4. The van der Waals surface area contributed by atoms with Crippen molar-refractivity contribution >= 4 is 38.6 Å². The zero-order valence-electron chi connectivity index (χ0n) is 12.3. The van der Waals surface area contributed by atoms with Crippen LogP contribution in [0, 0.1) is 0 Å². The molecule has 0 aliphatic rings. The second kappa shape index (κ2) is 5.45. The number of carbonyl (C=O) groups excluding carboxylic acids is 2. The van der Waals surface area contributed by atoms with Gasteiger partial charge in [-0.1, -0.05) is 0 Å². The fourth-order valence-corrected chi connectivity index (χ4v) is 2.77. The smallest absolute Gasteiger partial charge is 0.284 e. The third-order valence-electron chi connectivity index (χ3n) is 3.20. The van der Waals surface area contributed by atoms with Crippen molar-refractivity contribution in [1.82, 2.24) is 19.9 Å². The van der Waals surface area contributed by atoms with Gasteiger partial charge < -0.3 is 15.7 Å². The standard InChI is InChI=1S/C13H12N6O4S/c1-24(22,23)6-4-7(12(21)19-13-15-2-3-16-13)9-8(5-6)17-11(18-9)10(14)20/h2-5H,1H3,(H2,14,20)(H,17,18)(H2,15,16,19,21). The monoisotopic (exact) mass is 348 g/mol. The minimum Gasteiger partial charge on any atom is -0.363 e. The lowest BCUT2D eigenvalue weighted by atomic mass is 10.1. The number of rotatable bonds is 4. The number of carbonyl (C=O) groups is 2. The number of amides is 2. The van der Waals surface area contributed by atoms with Gasteiger partial charge in [0.15, 0.2) is 15.7 Å². The molecule has 0 aliphatic carbocycles. The molecule has 11 heteroatoms. The van der Waals surface area contributed by atoms with Crippen LogP contribution in [0.2, 0.25) is 0 Å². The first-order valence-electron chi connectivity index (χ1n) is 6.60. The van der Waals surface area contributed by atoms with Crippen LogP contribution < -0.4 is 11.1 Å². The molecule has 5 N–H and O–H groups in total. The number of nitrogens with zero attached hydrogens (tertiary/aromatic N) is 2. The molecular formula is C13H12N6O4S. The average Bonchev–Trinajstić information content (AvgIpc) is 3.13. The number of nitrogens with one attached hydrogen (secondary N) is 3. The minimum absolute atomic E-state index is 0.0342. The second-order valence-electron chi connectivity index (χ2n) is 4.98. The van der Waals surface area contributed by atoms with Gasteiger partial charge in [0.25, 0.3) is 11.8 Å². The third-order valence-corrected chi connectivity index (χ3v) is 4.29. The molecule has 124 valence electrons. The Morgan fingerprint density at radius 2 is 2.04 bits per heavy atom. The third kappa shape index (κ3) is 2.84. The first kappa shape index (κ1) is 15.7. The van der Waals surface area contributed by atoms with Crippen LogP contribution in [-0.2, 0) is 9.84 Å². The number of sulfone groups is 1. The van der Waals surface area contributed by atoms with Crippen LogP contribution in [0.1, 0.15) is 21.0 Å². The number of aromatic nitrogens is 4. The van der Waals surface area contributed by atoms with Crippen molar-refractivity contribution in [2.45, 2.75) is 4.90 Å². The van der Waals surface area contributed by atoms with E-state index in [2.05, 4.69) is 25.3 Å². The predicted molar refractivity (Wildman–Crippen MR) is 84.3 cm³/mol. The SMILES string of the molecule is CS(=O)(=O)c1cc(C(=O)Nc2ncc[nH]2)c2nc(C(N)=O)[nH]c2c1. The summed E-state index contributed by atoms with van der Waals surface area (Å²) in [5, 5.41) is 2.48. The number of imidazole rings is 2. The molecule has 0 atom stereocenters. The topological polar surface area (TPSA) is 164 Å². The molecule has 3 aromatic rings. The normalized spacial score (nSPS) is 11.5. The molecule has 0 fully saturated rings. The van der Waals surface area contributed by atoms with Gasteiger partial charge in [-0.2, -0.15) is 0 Å². The molecule has 10 nitrogen and oxygen atoms in total. The van der Waals surface area contributed by atoms with Crippen molar-refractivity contribution in [2.75, 3.05) is 11.6 Å². The van der Waals surface area contributed by atoms with Crippen molar-refractivity contribution in [3.63, 3.8) is 0 Å². The van der Waals surface area contributed by atoms with Crippen LogP contribution in [0.3, 0.4) is 0 Å². The summed E-state index contributed by atoms with van der Waals surface area (Å²) < 4.78 is 23.7. The largest absolute Gasteiger partial charge is 0.363 e. The summed E-state index contributed by atoms with van der Waals surface area (Å²) in [6.45, 7) is 0. The van der Waals surface area contributed by atoms with Crippen LogP contribution in [0.5, 0.6) is 0 Å². The Balaban J connectivity index is 2.19. The zero-order chi connectivity index (χ0) is 17.5. The van der Waals surface area contributed by atoms with Gasteiger partial charge in [0.05, 0.1) is 16.0 Å². The van der Waals surface area contributed by atoms with Crippen LogP contribution in [-0.4, -0.2) is 46.4 Å². The molecule has 0 unspecified atom stereocenters.